The number of non-ortho nitro benzene ring substituents is 1. The third kappa shape index (κ3) is 3.74. The number of sulfonamides is 1. The molecule has 1 rings (SSSR count). The van der Waals surface area contributed by atoms with E-state index in [1.54, 1.807) is 13.8 Å². The molecule has 0 spiro atoms. The first kappa shape index (κ1) is 16.5. The number of nitro benzene ring substituents is 1. The number of nitro groups is 1. The quantitative estimate of drug-likeness (QED) is 0.488. The van der Waals surface area contributed by atoms with Gasteiger partial charge in [0.15, 0.2) is 0 Å². The summed E-state index contributed by atoms with van der Waals surface area (Å²) in [7, 11) is -4.23. The van der Waals surface area contributed by atoms with Gasteiger partial charge in [-0.05, 0) is 29.8 Å². The molecule has 8 nitrogen and oxygen atoms in total. The molecule has 0 aliphatic rings. The van der Waals surface area contributed by atoms with E-state index in [9.17, 15) is 23.3 Å². The van der Waals surface area contributed by atoms with Gasteiger partial charge in [0.25, 0.3) is 5.69 Å². The molecule has 10 heteroatoms. The summed E-state index contributed by atoms with van der Waals surface area (Å²) in [6.07, 6.45) is -0.466. The van der Waals surface area contributed by atoms with Crippen LogP contribution >= 0.6 is 15.9 Å². The van der Waals surface area contributed by atoms with Gasteiger partial charge < -0.3 is 4.74 Å². The summed E-state index contributed by atoms with van der Waals surface area (Å²) < 4.78 is 27.5. The van der Waals surface area contributed by atoms with Crippen molar-refractivity contribution in [2.75, 3.05) is 0 Å². The van der Waals surface area contributed by atoms with Crippen LogP contribution in [0.1, 0.15) is 24.2 Å². The van der Waals surface area contributed by atoms with E-state index in [1.807, 2.05) is 0 Å². The second-order valence-corrected chi connectivity index (χ2v) is 6.38. The molecule has 0 radical (unpaired) electrons. The van der Waals surface area contributed by atoms with Crippen LogP contribution in [0.15, 0.2) is 21.5 Å². The number of halogens is 1. The monoisotopic (exact) mass is 366 g/mol. The molecule has 0 heterocycles. The molecule has 0 aromatic heterocycles. The van der Waals surface area contributed by atoms with Crippen LogP contribution in [0.2, 0.25) is 0 Å². The predicted molar refractivity (Wildman–Crippen MR) is 72.7 cm³/mol. The fourth-order valence-electron chi connectivity index (χ4n) is 1.32. The van der Waals surface area contributed by atoms with E-state index in [2.05, 4.69) is 15.9 Å². The Labute approximate surface area is 123 Å². The minimum atomic E-state index is -4.23. The molecule has 0 fully saturated rings. The Morgan fingerprint density at radius 3 is 2.40 bits per heavy atom. The average molecular weight is 367 g/mol. The highest BCUT2D eigenvalue weighted by molar-refractivity contribution is 9.10. The summed E-state index contributed by atoms with van der Waals surface area (Å²) in [6.45, 7) is 3.17. The lowest BCUT2D eigenvalue weighted by Gasteiger charge is -2.11. The lowest BCUT2D eigenvalue weighted by molar-refractivity contribution is -0.385. The molecule has 110 valence electrons. The second kappa shape index (κ2) is 5.85. The molecule has 0 atom stereocenters. The summed E-state index contributed by atoms with van der Waals surface area (Å²) in [4.78, 5) is 21.2. The third-order valence-electron chi connectivity index (χ3n) is 2.10. The van der Waals surface area contributed by atoms with Crippen molar-refractivity contribution in [2.24, 2.45) is 5.14 Å². The standard InChI is InChI=1S/C10H11BrN2O6S/c1-5(2)19-10(14)7-3-6(13(15)16)4-8(9(7)11)20(12,17)18/h3-5H,1-2H3,(H2,12,17,18). The van der Waals surface area contributed by atoms with Crippen molar-refractivity contribution in [1.82, 2.24) is 0 Å². The SMILES string of the molecule is CC(C)OC(=O)c1cc([N+](=O)[O-])cc(S(N)(=O)=O)c1Br. The largest absolute Gasteiger partial charge is 0.459 e. The molecule has 2 N–H and O–H groups in total. The number of nitrogens with zero attached hydrogens (tertiary/aromatic N) is 1. The van der Waals surface area contributed by atoms with Gasteiger partial charge in [-0.15, -0.1) is 0 Å². The zero-order valence-electron chi connectivity index (χ0n) is 10.5. The van der Waals surface area contributed by atoms with Gasteiger partial charge >= 0.3 is 5.97 Å². The number of carbonyl (C=O) groups is 1. The van der Waals surface area contributed by atoms with Crippen molar-refractivity contribution in [3.8, 4) is 0 Å². The van der Waals surface area contributed by atoms with Crippen molar-refractivity contribution in [3.63, 3.8) is 0 Å². The highest BCUT2D eigenvalue weighted by Gasteiger charge is 2.26. The molecule has 1 aromatic carbocycles. The van der Waals surface area contributed by atoms with Gasteiger partial charge in [0.1, 0.15) is 4.90 Å². The van der Waals surface area contributed by atoms with E-state index >= 15 is 0 Å². The molecule has 0 aliphatic heterocycles. The number of ether oxygens (including phenoxy) is 1. The van der Waals surface area contributed by atoms with Gasteiger partial charge in [-0.25, -0.2) is 18.4 Å². The average Bonchev–Trinajstić information content (AvgIpc) is 2.25. The van der Waals surface area contributed by atoms with Crippen LogP contribution < -0.4 is 5.14 Å². The minimum absolute atomic E-state index is 0.170. The molecular formula is C10H11BrN2O6S. The van der Waals surface area contributed by atoms with Gasteiger partial charge in [-0.1, -0.05) is 0 Å². The van der Waals surface area contributed by atoms with Gasteiger partial charge in [0.05, 0.1) is 21.1 Å². The van der Waals surface area contributed by atoms with E-state index < -0.39 is 37.6 Å². The molecule has 20 heavy (non-hydrogen) atoms. The Hall–Kier alpha value is -1.52. The normalized spacial score (nSPS) is 11.4. The van der Waals surface area contributed by atoms with Gasteiger partial charge in [0.2, 0.25) is 10.0 Å². The highest BCUT2D eigenvalue weighted by Crippen LogP contribution is 2.30. The Bertz CT molecular complexity index is 671. The fourth-order valence-corrected chi connectivity index (χ4v) is 3.03. The van der Waals surface area contributed by atoms with Crippen LogP contribution in [0.4, 0.5) is 5.69 Å². The maximum absolute atomic E-state index is 11.8. The van der Waals surface area contributed by atoms with Gasteiger partial charge in [-0.3, -0.25) is 10.1 Å². The molecular weight excluding hydrogens is 356 g/mol. The minimum Gasteiger partial charge on any atom is -0.459 e. The van der Waals surface area contributed by atoms with E-state index in [-0.39, 0.29) is 10.0 Å². The Morgan fingerprint density at radius 1 is 1.45 bits per heavy atom. The number of hydrogen-bond donors (Lipinski definition) is 1. The van der Waals surface area contributed by atoms with Crippen molar-refractivity contribution in [2.45, 2.75) is 24.8 Å². The van der Waals surface area contributed by atoms with Crippen LogP contribution in [0.5, 0.6) is 0 Å². The van der Waals surface area contributed by atoms with E-state index in [0.717, 1.165) is 12.1 Å². The number of primary sulfonamides is 1. The summed E-state index contributed by atoms with van der Waals surface area (Å²) in [5, 5.41) is 15.8. The Balaban J connectivity index is 3.56. The lowest BCUT2D eigenvalue weighted by atomic mass is 10.2. The molecule has 0 unspecified atom stereocenters. The van der Waals surface area contributed by atoms with Crippen molar-refractivity contribution < 1.29 is 22.9 Å². The highest BCUT2D eigenvalue weighted by atomic mass is 79.9. The zero-order valence-corrected chi connectivity index (χ0v) is 12.9. The number of hydrogen-bond acceptors (Lipinski definition) is 6. The number of esters is 1. The molecule has 0 saturated carbocycles. The first-order valence-corrected chi connectivity index (χ1v) is 7.59. The van der Waals surface area contributed by atoms with Crippen LogP contribution in [0.25, 0.3) is 0 Å². The molecule has 0 saturated heterocycles. The van der Waals surface area contributed by atoms with Crippen molar-refractivity contribution >= 4 is 37.6 Å². The van der Waals surface area contributed by atoms with Crippen LogP contribution in [-0.4, -0.2) is 25.4 Å². The molecule has 0 amide bonds. The fraction of sp³-hybridized carbons (Fsp3) is 0.300. The lowest BCUT2D eigenvalue weighted by Crippen LogP contribution is -2.17. The van der Waals surface area contributed by atoms with E-state index in [1.165, 1.54) is 0 Å². The van der Waals surface area contributed by atoms with Crippen molar-refractivity contribution in [3.05, 3.63) is 32.3 Å². The van der Waals surface area contributed by atoms with Crippen LogP contribution in [0.3, 0.4) is 0 Å². The maximum Gasteiger partial charge on any atom is 0.339 e. The molecule has 0 bridgehead atoms. The van der Waals surface area contributed by atoms with Gasteiger partial charge in [0, 0.05) is 12.1 Å². The summed E-state index contributed by atoms with van der Waals surface area (Å²) in [5.41, 5.74) is -0.857. The van der Waals surface area contributed by atoms with E-state index in [4.69, 9.17) is 9.88 Å². The number of carbonyl (C=O) groups excluding carboxylic acids is 1. The van der Waals surface area contributed by atoms with Gasteiger partial charge in [-0.2, -0.15) is 0 Å². The number of rotatable bonds is 4. The summed E-state index contributed by atoms with van der Waals surface area (Å²) >= 11 is 2.91. The van der Waals surface area contributed by atoms with Crippen LogP contribution in [-0.2, 0) is 14.8 Å². The molecule has 0 aliphatic carbocycles. The Morgan fingerprint density at radius 2 is 2.00 bits per heavy atom. The number of benzene rings is 1. The predicted octanol–water partition coefficient (Wildman–Crippen LogP) is 1.57. The Kier molecular flexibility index (Phi) is 4.84. The number of nitrogens with two attached hydrogens (primary N) is 1. The third-order valence-corrected chi connectivity index (χ3v) is 4.16. The zero-order chi connectivity index (χ0) is 15.7. The smallest absolute Gasteiger partial charge is 0.339 e. The summed E-state index contributed by atoms with van der Waals surface area (Å²) in [5.74, 6) is -0.888. The first-order valence-electron chi connectivity index (χ1n) is 5.25. The maximum atomic E-state index is 11.8. The first-order chi connectivity index (χ1) is 9.04. The van der Waals surface area contributed by atoms with Crippen LogP contribution in [0, 0.1) is 10.1 Å². The van der Waals surface area contributed by atoms with E-state index in [0.29, 0.717) is 0 Å². The molecule has 1 aromatic rings. The summed E-state index contributed by atoms with van der Waals surface area (Å²) in [6, 6.07) is 1.69. The van der Waals surface area contributed by atoms with Crippen molar-refractivity contribution in [1.29, 1.82) is 0 Å². The topological polar surface area (TPSA) is 130 Å². The second-order valence-electron chi connectivity index (χ2n) is 4.06.